The first-order valence-corrected chi connectivity index (χ1v) is 7.89. The monoisotopic (exact) mass is 316 g/mol. The lowest BCUT2D eigenvalue weighted by Crippen LogP contribution is -2.13. The first kappa shape index (κ1) is 19.0. The Balaban J connectivity index is 2.94. The van der Waals surface area contributed by atoms with Crippen LogP contribution in [0.25, 0.3) is 5.57 Å². The fraction of sp³-hybridized carbons (Fsp3) is 0.421. The maximum Gasteiger partial charge on any atom is 0.211 e. The van der Waals surface area contributed by atoms with Gasteiger partial charge in [0.2, 0.25) is 6.41 Å². The summed E-state index contributed by atoms with van der Waals surface area (Å²) in [6, 6.07) is 6.11. The Hall–Kier alpha value is -2.07. The molecule has 4 heteroatoms. The smallest absolute Gasteiger partial charge is 0.211 e. The molecule has 23 heavy (non-hydrogen) atoms. The third-order valence-corrected chi connectivity index (χ3v) is 3.65. The van der Waals surface area contributed by atoms with Gasteiger partial charge in [-0.15, -0.1) is 0 Å². The van der Waals surface area contributed by atoms with E-state index in [1.54, 1.807) is 0 Å². The van der Waals surface area contributed by atoms with Gasteiger partial charge in [-0.05, 0) is 64.6 Å². The summed E-state index contributed by atoms with van der Waals surface area (Å²) < 4.78 is 5.94. The van der Waals surface area contributed by atoms with E-state index in [-0.39, 0.29) is 0 Å². The first-order chi connectivity index (χ1) is 11.0. The van der Waals surface area contributed by atoms with Gasteiger partial charge in [-0.3, -0.25) is 4.79 Å². The van der Waals surface area contributed by atoms with Crippen LogP contribution in [0.3, 0.4) is 0 Å². The molecule has 0 heterocycles. The van der Waals surface area contributed by atoms with Crippen molar-refractivity contribution in [2.75, 3.05) is 27.2 Å². The number of rotatable bonds is 9. The SMILES string of the molecule is C/C=C(/CCN(C)C)c1c(C)cccc1OC/C=C(\C)NC=O. The second-order valence-electron chi connectivity index (χ2n) is 5.78. The van der Waals surface area contributed by atoms with Crippen molar-refractivity contribution in [3.05, 3.63) is 47.2 Å². The van der Waals surface area contributed by atoms with Gasteiger partial charge in [0.15, 0.2) is 0 Å². The van der Waals surface area contributed by atoms with Gasteiger partial charge in [0.05, 0.1) is 0 Å². The van der Waals surface area contributed by atoms with E-state index in [0.29, 0.717) is 13.0 Å². The van der Waals surface area contributed by atoms with Gasteiger partial charge >= 0.3 is 0 Å². The second kappa shape index (κ2) is 9.85. The lowest BCUT2D eigenvalue weighted by atomic mass is 9.96. The summed E-state index contributed by atoms with van der Waals surface area (Å²) in [5, 5.41) is 2.61. The number of carbonyl (C=O) groups is 1. The molecule has 0 saturated carbocycles. The minimum absolute atomic E-state index is 0.424. The quantitative estimate of drug-likeness (QED) is 0.710. The fourth-order valence-corrected chi connectivity index (χ4v) is 2.34. The maximum absolute atomic E-state index is 10.4. The van der Waals surface area contributed by atoms with Crippen molar-refractivity contribution in [1.29, 1.82) is 0 Å². The van der Waals surface area contributed by atoms with Crippen molar-refractivity contribution in [2.45, 2.75) is 27.2 Å². The van der Waals surface area contributed by atoms with Crippen LogP contribution in [0.1, 0.15) is 31.4 Å². The molecule has 0 aliphatic rings. The van der Waals surface area contributed by atoms with E-state index in [1.165, 1.54) is 16.7 Å². The normalized spacial score (nSPS) is 12.4. The summed E-state index contributed by atoms with van der Waals surface area (Å²) in [4.78, 5) is 12.6. The molecule has 0 aliphatic heterocycles. The van der Waals surface area contributed by atoms with Gasteiger partial charge in [0, 0.05) is 17.8 Å². The Bertz CT molecular complexity index is 575. The zero-order valence-electron chi connectivity index (χ0n) is 14.8. The summed E-state index contributed by atoms with van der Waals surface area (Å²) in [6.07, 6.45) is 5.67. The van der Waals surface area contributed by atoms with Crippen LogP contribution in [0.15, 0.2) is 36.0 Å². The summed E-state index contributed by atoms with van der Waals surface area (Å²) >= 11 is 0. The molecule has 1 aromatic rings. The number of nitrogens with one attached hydrogen (secondary N) is 1. The maximum atomic E-state index is 10.4. The molecule has 0 aliphatic carbocycles. The van der Waals surface area contributed by atoms with Crippen LogP contribution in [-0.2, 0) is 4.79 Å². The molecule has 1 aromatic carbocycles. The van der Waals surface area contributed by atoms with Crippen molar-refractivity contribution < 1.29 is 9.53 Å². The van der Waals surface area contributed by atoms with Crippen LogP contribution in [-0.4, -0.2) is 38.6 Å². The zero-order chi connectivity index (χ0) is 17.2. The average molecular weight is 316 g/mol. The van der Waals surface area contributed by atoms with Gasteiger partial charge in [-0.2, -0.15) is 0 Å². The van der Waals surface area contributed by atoms with Gasteiger partial charge in [0.1, 0.15) is 12.4 Å². The number of benzene rings is 1. The van der Waals surface area contributed by atoms with Crippen LogP contribution < -0.4 is 10.1 Å². The topological polar surface area (TPSA) is 41.6 Å². The van der Waals surface area contributed by atoms with E-state index in [0.717, 1.165) is 24.4 Å². The lowest BCUT2D eigenvalue weighted by molar-refractivity contribution is -0.108. The van der Waals surface area contributed by atoms with Gasteiger partial charge in [-0.1, -0.05) is 18.2 Å². The van der Waals surface area contributed by atoms with E-state index in [9.17, 15) is 4.79 Å². The van der Waals surface area contributed by atoms with Crippen molar-refractivity contribution in [1.82, 2.24) is 10.2 Å². The lowest BCUT2D eigenvalue weighted by Gasteiger charge is -2.18. The van der Waals surface area contributed by atoms with E-state index in [1.807, 2.05) is 25.1 Å². The summed E-state index contributed by atoms with van der Waals surface area (Å²) in [5.74, 6) is 0.881. The van der Waals surface area contributed by atoms with Gasteiger partial charge in [-0.25, -0.2) is 0 Å². The van der Waals surface area contributed by atoms with E-state index >= 15 is 0 Å². The molecular formula is C19H28N2O2. The van der Waals surface area contributed by atoms with Crippen LogP contribution in [0.2, 0.25) is 0 Å². The Labute approximate surface area is 139 Å². The molecule has 0 saturated heterocycles. The number of amides is 1. The Morgan fingerprint density at radius 3 is 2.70 bits per heavy atom. The largest absolute Gasteiger partial charge is 0.489 e. The number of nitrogens with zero attached hydrogens (tertiary/aromatic N) is 1. The number of ether oxygens (including phenoxy) is 1. The minimum atomic E-state index is 0.424. The summed E-state index contributed by atoms with van der Waals surface area (Å²) in [5.41, 5.74) is 4.46. The van der Waals surface area contributed by atoms with Crippen molar-refractivity contribution in [3.8, 4) is 5.75 Å². The average Bonchev–Trinajstić information content (AvgIpc) is 2.50. The van der Waals surface area contributed by atoms with Crippen LogP contribution in [0, 0.1) is 6.92 Å². The highest BCUT2D eigenvalue weighted by atomic mass is 16.5. The van der Waals surface area contributed by atoms with Crippen LogP contribution >= 0.6 is 0 Å². The molecule has 0 unspecified atom stereocenters. The number of allylic oxidation sites excluding steroid dienone is 2. The second-order valence-corrected chi connectivity index (χ2v) is 5.78. The van der Waals surface area contributed by atoms with Crippen molar-refractivity contribution >= 4 is 12.0 Å². The molecule has 0 aromatic heterocycles. The molecule has 1 amide bonds. The summed E-state index contributed by atoms with van der Waals surface area (Å²) in [7, 11) is 4.16. The number of hydrogen-bond acceptors (Lipinski definition) is 3. The highest BCUT2D eigenvalue weighted by molar-refractivity contribution is 5.73. The first-order valence-electron chi connectivity index (χ1n) is 7.89. The van der Waals surface area contributed by atoms with E-state index in [2.05, 4.69) is 50.3 Å². The summed E-state index contributed by atoms with van der Waals surface area (Å²) in [6.45, 7) is 7.43. The molecule has 4 nitrogen and oxygen atoms in total. The standard InChI is InChI=1S/C19H28N2O2/c1-6-17(10-12-21(4)5)19-15(2)8-7-9-18(19)23-13-11-16(3)20-14-22/h6-9,11,14H,10,12-13H2,1-5H3,(H,20,22)/b16-11+,17-6-. The van der Waals surface area contributed by atoms with Gasteiger partial charge in [0.25, 0.3) is 0 Å². The molecule has 0 bridgehead atoms. The van der Waals surface area contributed by atoms with E-state index < -0.39 is 0 Å². The molecule has 1 N–H and O–H groups in total. The highest BCUT2D eigenvalue weighted by Gasteiger charge is 2.11. The third-order valence-electron chi connectivity index (χ3n) is 3.65. The number of hydrogen-bond donors (Lipinski definition) is 1. The fourth-order valence-electron chi connectivity index (χ4n) is 2.34. The molecule has 126 valence electrons. The minimum Gasteiger partial charge on any atom is -0.489 e. The Morgan fingerprint density at radius 1 is 1.35 bits per heavy atom. The van der Waals surface area contributed by atoms with Crippen LogP contribution in [0.5, 0.6) is 5.75 Å². The predicted octanol–water partition coefficient (Wildman–Crippen LogP) is 3.38. The van der Waals surface area contributed by atoms with E-state index in [4.69, 9.17) is 4.74 Å². The number of aryl methyl sites for hydroxylation is 1. The number of carbonyl (C=O) groups excluding carboxylic acids is 1. The molecule has 0 spiro atoms. The van der Waals surface area contributed by atoms with Crippen molar-refractivity contribution in [3.63, 3.8) is 0 Å². The molecule has 1 rings (SSSR count). The molecular weight excluding hydrogens is 288 g/mol. The Kier molecular flexibility index (Phi) is 8.13. The predicted molar refractivity (Wildman–Crippen MR) is 96.5 cm³/mol. The Morgan fingerprint density at radius 2 is 2.09 bits per heavy atom. The highest BCUT2D eigenvalue weighted by Crippen LogP contribution is 2.31. The molecule has 0 fully saturated rings. The zero-order valence-corrected chi connectivity index (χ0v) is 14.8. The van der Waals surface area contributed by atoms with Crippen molar-refractivity contribution in [2.24, 2.45) is 0 Å². The van der Waals surface area contributed by atoms with Crippen LogP contribution in [0.4, 0.5) is 0 Å². The molecule has 0 atom stereocenters. The van der Waals surface area contributed by atoms with Gasteiger partial charge < -0.3 is 15.0 Å². The molecule has 0 radical (unpaired) electrons. The third kappa shape index (κ3) is 6.28.